The third kappa shape index (κ3) is 6.92. The van der Waals surface area contributed by atoms with Gasteiger partial charge in [-0.3, -0.25) is 14.7 Å². The van der Waals surface area contributed by atoms with Crippen molar-refractivity contribution in [3.8, 4) is 28.7 Å². The summed E-state index contributed by atoms with van der Waals surface area (Å²) in [4.78, 5) is 32.2. The van der Waals surface area contributed by atoms with E-state index in [-0.39, 0.29) is 40.3 Å². The number of oxazole rings is 1. The van der Waals surface area contributed by atoms with Crippen molar-refractivity contribution in [2.75, 3.05) is 38.0 Å². The Hall–Kier alpha value is -5.45. The average Bonchev–Trinajstić information content (AvgIpc) is 3.80. The normalized spacial score (nSPS) is 17.2. The highest BCUT2D eigenvalue weighted by Gasteiger charge is 2.23. The number of hydrogen-bond acceptors (Lipinski definition) is 11. The molecule has 4 aromatic heterocycles. The molecule has 2 saturated heterocycles. The summed E-state index contributed by atoms with van der Waals surface area (Å²) < 4.78 is 7.73. The van der Waals surface area contributed by atoms with Gasteiger partial charge in [0.15, 0.2) is 16.9 Å². The first-order chi connectivity index (χ1) is 25.7. The molecule has 12 heteroatoms. The number of hydrogen-bond donors (Lipinski definition) is 3. The molecule has 1 atom stereocenters. The van der Waals surface area contributed by atoms with E-state index in [4.69, 9.17) is 9.40 Å². The number of fused-ring (bicyclic) bond motifs is 2. The Balaban J connectivity index is 1.07. The van der Waals surface area contributed by atoms with E-state index in [1.165, 1.54) is 0 Å². The highest BCUT2D eigenvalue weighted by atomic mass is 16.3. The number of nitriles is 1. The summed E-state index contributed by atoms with van der Waals surface area (Å²) in [5.41, 5.74) is 7.73. The lowest BCUT2D eigenvalue weighted by molar-refractivity contribution is 0.0809. The van der Waals surface area contributed by atoms with Crippen LogP contribution in [0.15, 0.2) is 76.3 Å². The van der Waals surface area contributed by atoms with Gasteiger partial charge in [-0.25, -0.2) is 9.97 Å². The monoisotopic (exact) mass is 710 g/mol. The number of benzene rings is 2. The van der Waals surface area contributed by atoms with Crippen molar-refractivity contribution in [1.29, 1.82) is 5.26 Å². The van der Waals surface area contributed by atoms with Crippen LogP contribution in [0.25, 0.3) is 44.6 Å². The Kier molecular flexibility index (Phi) is 9.49. The second-order valence-electron chi connectivity index (χ2n) is 14.3. The summed E-state index contributed by atoms with van der Waals surface area (Å²) >= 11 is 0. The Labute approximate surface area is 307 Å². The van der Waals surface area contributed by atoms with Gasteiger partial charge in [-0.15, -0.1) is 0 Å². The number of anilines is 2. The zero-order valence-electron chi connectivity index (χ0n) is 29.9. The van der Waals surface area contributed by atoms with Crippen molar-refractivity contribution in [2.24, 2.45) is 0 Å². The fourth-order valence-electron chi connectivity index (χ4n) is 7.66. The molecule has 0 unspecified atom stereocenters. The van der Waals surface area contributed by atoms with Gasteiger partial charge in [0.25, 0.3) is 5.56 Å². The highest BCUT2D eigenvalue weighted by Crippen LogP contribution is 2.37. The first kappa shape index (κ1) is 34.6. The minimum atomic E-state index is -0.298. The third-order valence-corrected chi connectivity index (χ3v) is 10.7. The summed E-state index contributed by atoms with van der Waals surface area (Å²) in [5, 5.41) is 34.3. The van der Waals surface area contributed by atoms with Crippen LogP contribution in [0.5, 0.6) is 0 Å². The van der Waals surface area contributed by atoms with Crippen LogP contribution in [0.3, 0.4) is 0 Å². The maximum Gasteiger partial charge on any atom is 0.280 e. The maximum absolute atomic E-state index is 13.6. The topological polar surface area (TPSA) is 157 Å². The molecule has 3 N–H and O–H groups in total. The number of aliphatic hydroxyl groups is 2. The van der Waals surface area contributed by atoms with E-state index in [0.717, 1.165) is 95.4 Å². The number of rotatable bonds is 9. The van der Waals surface area contributed by atoms with E-state index in [9.17, 15) is 20.3 Å². The molecule has 6 heterocycles. The zero-order valence-corrected chi connectivity index (χ0v) is 29.9. The van der Waals surface area contributed by atoms with Crippen LogP contribution in [-0.2, 0) is 13.1 Å². The lowest BCUT2D eigenvalue weighted by Gasteiger charge is -2.29. The zero-order chi connectivity index (χ0) is 36.6. The smallest absolute Gasteiger partial charge is 0.280 e. The van der Waals surface area contributed by atoms with Crippen LogP contribution in [0.1, 0.15) is 41.5 Å². The predicted octanol–water partition coefficient (Wildman–Crippen LogP) is 5.52. The van der Waals surface area contributed by atoms with Gasteiger partial charge in [-0.05, 0) is 85.2 Å². The van der Waals surface area contributed by atoms with Gasteiger partial charge < -0.3 is 29.4 Å². The molecule has 2 aromatic carbocycles. The first-order valence-electron chi connectivity index (χ1n) is 18.2. The van der Waals surface area contributed by atoms with Crippen LogP contribution in [0.2, 0.25) is 0 Å². The van der Waals surface area contributed by atoms with E-state index in [1.54, 1.807) is 17.0 Å². The standard InChI is InChI=1S/C41H42N8O4/c1-25-32(5-3-7-34(25)40-46-37-38(53-40)29(20-42)23-49(41(37)52)18-17-47-14-10-30(50)11-15-47)33-6-4-8-35(26(33)2)45-39-36-28(9-13-43-39)19-27(21-44-36)22-48-16-12-31(51)24-48/h3-9,13,19,21,23,30-31,50-51H,10-12,14-18,22,24H2,1-2H3,(H,43,45)/t31-/m1/s1. The number of nitrogens with zero attached hydrogens (tertiary/aromatic N) is 7. The molecular formula is C41H42N8O4. The van der Waals surface area contributed by atoms with Crippen LogP contribution in [0.4, 0.5) is 11.5 Å². The minimum absolute atomic E-state index is 0.137. The molecule has 0 saturated carbocycles. The molecule has 0 radical (unpaired) electrons. The molecule has 53 heavy (non-hydrogen) atoms. The summed E-state index contributed by atoms with van der Waals surface area (Å²) in [6.07, 6.45) is 6.95. The largest absolute Gasteiger partial charge is 0.434 e. The Morgan fingerprint density at radius 1 is 0.906 bits per heavy atom. The van der Waals surface area contributed by atoms with Crippen molar-refractivity contribution in [1.82, 2.24) is 29.3 Å². The first-order valence-corrected chi connectivity index (χ1v) is 18.2. The number of aliphatic hydroxyl groups excluding tert-OH is 2. The fraction of sp³-hybridized carbons (Fsp3) is 0.341. The number of pyridine rings is 3. The third-order valence-electron chi connectivity index (χ3n) is 10.7. The molecule has 6 aromatic rings. The van der Waals surface area contributed by atoms with Gasteiger partial charge in [0.1, 0.15) is 17.1 Å². The number of aromatic nitrogens is 4. The number of nitrogens with one attached hydrogen (secondary N) is 1. The van der Waals surface area contributed by atoms with E-state index in [2.05, 4.69) is 56.3 Å². The minimum Gasteiger partial charge on any atom is -0.434 e. The van der Waals surface area contributed by atoms with Crippen molar-refractivity contribution in [3.63, 3.8) is 0 Å². The van der Waals surface area contributed by atoms with Crippen LogP contribution in [-0.4, -0.2) is 84.5 Å². The summed E-state index contributed by atoms with van der Waals surface area (Å²) in [5.74, 6) is 0.950. The van der Waals surface area contributed by atoms with Crippen LogP contribution >= 0.6 is 0 Å². The van der Waals surface area contributed by atoms with Gasteiger partial charge in [-0.2, -0.15) is 5.26 Å². The highest BCUT2D eigenvalue weighted by molar-refractivity contribution is 5.91. The van der Waals surface area contributed by atoms with Gasteiger partial charge in [-0.1, -0.05) is 24.3 Å². The van der Waals surface area contributed by atoms with Crippen molar-refractivity contribution in [3.05, 3.63) is 99.7 Å². The van der Waals surface area contributed by atoms with Crippen molar-refractivity contribution >= 4 is 33.5 Å². The molecule has 0 aliphatic carbocycles. The van der Waals surface area contributed by atoms with Gasteiger partial charge in [0, 0.05) is 81.0 Å². The van der Waals surface area contributed by atoms with Gasteiger partial charge >= 0.3 is 0 Å². The average molecular weight is 711 g/mol. The van der Waals surface area contributed by atoms with E-state index in [1.807, 2.05) is 43.5 Å². The maximum atomic E-state index is 13.6. The van der Waals surface area contributed by atoms with Crippen molar-refractivity contribution in [2.45, 2.75) is 58.4 Å². The molecule has 270 valence electrons. The predicted molar refractivity (Wildman–Crippen MR) is 204 cm³/mol. The Morgan fingerprint density at radius 2 is 1.64 bits per heavy atom. The molecule has 8 rings (SSSR count). The lowest BCUT2D eigenvalue weighted by atomic mass is 9.93. The molecular weight excluding hydrogens is 669 g/mol. The number of likely N-dealkylation sites (tertiary alicyclic amines) is 2. The lowest BCUT2D eigenvalue weighted by Crippen LogP contribution is -2.38. The molecule has 2 aliphatic heterocycles. The SMILES string of the molecule is Cc1c(Nc2nccc3cc(CN4CC[C@@H](O)C4)cnc23)cccc1-c1cccc(-c2nc3c(=O)n(CCN4CCC(O)CC4)cc(C#N)c3o2)c1C. The van der Waals surface area contributed by atoms with Crippen molar-refractivity contribution < 1.29 is 14.6 Å². The quantitative estimate of drug-likeness (QED) is 0.174. The summed E-state index contributed by atoms with van der Waals surface area (Å²) in [7, 11) is 0. The summed E-state index contributed by atoms with van der Waals surface area (Å²) in [6.45, 7) is 8.99. The molecule has 12 nitrogen and oxygen atoms in total. The van der Waals surface area contributed by atoms with Gasteiger partial charge in [0.05, 0.1) is 12.2 Å². The molecule has 0 spiro atoms. The Bertz CT molecular complexity index is 2420. The second-order valence-corrected chi connectivity index (χ2v) is 14.3. The number of β-amino-alcohol motifs (C(OH)–C–C–N with tert-alkyl or cyclic N) is 1. The van der Waals surface area contributed by atoms with Crippen LogP contribution < -0.4 is 10.9 Å². The van der Waals surface area contributed by atoms with E-state index in [0.29, 0.717) is 25.5 Å². The summed E-state index contributed by atoms with van der Waals surface area (Å²) in [6, 6.07) is 18.3. The molecule has 2 fully saturated rings. The second kappa shape index (κ2) is 14.5. The molecule has 2 aliphatic rings. The number of piperidine rings is 1. The van der Waals surface area contributed by atoms with Crippen LogP contribution in [0, 0.1) is 25.2 Å². The fourth-order valence-corrected chi connectivity index (χ4v) is 7.66. The van der Waals surface area contributed by atoms with Gasteiger partial charge in [0.2, 0.25) is 5.89 Å². The molecule has 0 amide bonds. The van der Waals surface area contributed by atoms with E-state index < -0.39 is 0 Å². The van der Waals surface area contributed by atoms with E-state index >= 15 is 0 Å². The molecule has 0 bridgehead atoms. The Morgan fingerprint density at radius 3 is 2.42 bits per heavy atom.